The molecule has 17 nitrogen and oxygen atoms in total. The molecule has 1 aliphatic carbocycles. The molecule has 0 aliphatic heterocycles. The number of ether oxygens (including phenoxy) is 4. The Balaban J connectivity index is 1.02. The zero-order valence-corrected chi connectivity index (χ0v) is 38.6. The van der Waals surface area contributed by atoms with Crippen molar-refractivity contribution in [2.45, 2.75) is 45.4 Å². The van der Waals surface area contributed by atoms with Crippen LogP contribution in [0.15, 0.2) is 108 Å². The third-order valence-electron chi connectivity index (χ3n) is 12.5. The topological polar surface area (TPSA) is 209 Å². The molecular formula is C49H43Cl2N8O9+. The lowest BCUT2D eigenvalue weighted by molar-refractivity contribution is -0.666. The first kappa shape index (κ1) is 45.4. The van der Waals surface area contributed by atoms with Gasteiger partial charge in [-0.15, -0.1) is 0 Å². The molecule has 1 aliphatic rings. The van der Waals surface area contributed by atoms with E-state index in [1.54, 1.807) is 112 Å². The van der Waals surface area contributed by atoms with Crippen molar-refractivity contribution >= 4 is 86.0 Å². The zero-order chi connectivity index (χ0) is 48.1. The summed E-state index contributed by atoms with van der Waals surface area (Å²) in [7, 11) is 3.04. The summed E-state index contributed by atoms with van der Waals surface area (Å²) in [6.07, 6.45) is 0.439. The number of nitrogens with two attached hydrogens (primary N) is 1. The summed E-state index contributed by atoms with van der Waals surface area (Å²) < 4.78 is 29.7. The van der Waals surface area contributed by atoms with Gasteiger partial charge in [0.1, 0.15) is 24.2 Å². The van der Waals surface area contributed by atoms with Crippen LogP contribution < -0.4 is 25.3 Å². The van der Waals surface area contributed by atoms with Crippen molar-refractivity contribution in [3.63, 3.8) is 0 Å². The number of nitrogen functional groups attached to an aromatic ring is 1. The van der Waals surface area contributed by atoms with Crippen LogP contribution in [0.4, 0.5) is 5.95 Å². The number of methoxy groups -OCH3 is 2. The maximum absolute atomic E-state index is 14.3. The van der Waals surface area contributed by atoms with Gasteiger partial charge in [-0.1, -0.05) is 29.8 Å². The lowest BCUT2D eigenvalue weighted by Gasteiger charge is -2.20. The molecule has 0 unspecified atom stereocenters. The molecule has 0 radical (unpaired) electrons. The number of hydrogen-bond donors (Lipinski definition) is 2. The molecule has 68 heavy (non-hydrogen) atoms. The second-order valence-electron chi connectivity index (χ2n) is 16.3. The van der Waals surface area contributed by atoms with E-state index in [1.165, 1.54) is 25.1 Å². The Morgan fingerprint density at radius 1 is 0.853 bits per heavy atom. The molecule has 3 N–H and O–H groups in total. The minimum absolute atomic E-state index is 0.0450. The van der Waals surface area contributed by atoms with Gasteiger partial charge in [0.2, 0.25) is 5.95 Å². The average molecular weight is 959 g/mol. The fourth-order valence-electron chi connectivity index (χ4n) is 9.02. The van der Waals surface area contributed by atoms with Crippen molar-refractivity contribution in [3.8, 4) is 11.5 Å². The predicted molar refractivity (Wildman–Crippen MR) is 252 cm³/mol. The Morgan fingerprint density at radius 2 is 1.47 bits per heavy atom. The second kappa shape index (κ2) is 18.1. The minimum Gasteiger partial charge on any atom is -0.497 e. The highest BCUT2D eigenvalue weighted by molar-refractivity contribution is 6.31. The van der Waals surface area contributed by atoms with E-state index >= 15 is 0 Å². The van der Waals surface area contributed by atoms with Gasteiger partial charge in [0.05, 0.1) is 50.0 Å². The summed E-state index contributed by atoms with van der Waals surface area (Å²) in [5, 5.41) is 1.57. The van der Waals surface area contributed by atoms with E-state index in [4.69, 9.17) is 47.9 Å². The molecule has 346 valence electrons. The van der Waals surface area contributed by atoms with Crippen molar-refractivity contribution in [1.82, 2.24) is 28.7 Å². The van der Waals surface area contributed by atoms with E-state index < -0.39 is 35.6 Å². The second-order valence-corrected chi connectivity index (χ2v) is 17.2. The highest BCUT2D eigenvalue weighted by Crippen LogP contribution is 2.42. The van der Waals surface area contributed by atoms with E-state index in [-0.39, 0.29) is 54.9 Å². The van der Waals surface area contributed by atoms with Crippen LogP contribution in [-0.4, -0.2) is 79.3 Å². The first-order valence-corrected chi connectivity index (χ1v) is 22.0. The number of aromatic amines is 1. The van der Waals surface area contributed by atoms with Crippen LogP contribution in [0.1, 0.15) is 50.3 Å². The van der Waals surface area contributed by atoms with Crippen molar-refractivity contribution < 1.29 is 42.7 Å². The molecule has 4 heterocycles. The van der Waals surface area contributed by atoms with E-state index in [0.717, 1.165) is 0 Å². The monoisotopic (exact) mass is 957 g/mol. The molecule has 0 saturated heterocycles. The number of halogens is 2. The number of fused-ring (bicyclic) bond motifs is 3. The van der Waals surface area contributed by atoms with Crippen LogP contribution in [0.3, 0.4) is 0 Å². The zero-order valence-electron chi connectivity index (χ0n) is 37.1. The molecule has 0 amide bonds. The Morgan fingerprint density at radius 3 is 2.12 bits per heavy atom. The number of H-pyrrole nitrogens is 1. The summed E-state index contributed by atoms with van der Waals surface area (Å²) in [5.41, 5.74) is 9.61. The van der Waals surface area contributed by atoms with Crippen molar-refractivity contribution in [2.75, 3.05) is 26.6 Å². The number of aromatic nitrogens is 7. The number of rotatable bonds is 12. The number of esters is 2. The maximum Gasteiger partial charge on any atom is 0.348 e. The van der Waals surface area contributed by atoms with Crippen molar-refractivity contribution in [1.29, 1.82) is 0 Å². The normalized spacial score (nSPS) is 15.9. The van der Waals surface area contributed by atoms with Crippen LogP contribution in [0.2, 0.25) is 10.0 Å². The number of carbonyl (C=O) groups excluding carboxylic acids is 4. The van der Waals surface area contributed by atoms with E-state index in [1.807, 2.05) is 0 Å². The maximum atomic E-state index is 14.3. The number of imidazole rings is 2. The Labute approximate surface area is 397 Å². The van der Waals surface area contributed by atoms with Gasteiger partial charge in [0, 0.05) is 46.1 Å². The lowest BCUT2D eigenvalue weighted by atomic mass is 10.0. The fourth-order valence-corrected chi connectivity index (χ4v) is 9.27. The van der Waals surface area contributed by atoms with Gasteiger partial charge < -0.3 is 29.2 Å². The van der Waals surface area contributed by atoms with Gasteiger partial charge in [-0.05, 0) is 96.9 Å². The van der Waals surface area contributed by atoms with Crippen LogP contribution in [0.5, 0.6) is 11.5 Å². The van der Waals surface area contributed by atoms with Gasteiger partial charge in [-0.3, -0.25) is 23.9 Å². The van der Waals surface area contributed by atoms with Crippen molar-refractivity contribution in [2.24, 2.45) is 5.92 Å². The van der Waals surface area contributed by atoms with Crippen molar-refractivity contribution in [3.05, 3.63) is 152 Å². The molecule has 4 aromatic heterocycles. The highest BCUT2D eigenvalue weighted by Gasteiger charge is 2.43. The summed E-state index contributed by atoms with van der Waals surface area (Å²) in [5.74, 6) is -1.35. The molecule has 1 fully saturated rings. The molecule has 9 rings (SSSR count). The fraction of sp³-hybridized carbons (Fsp3) is 0.224. The van der Waals surface area contributed by atoms with Crippen LogP contribution in [-0.2, 0) is 32.0 Å². The lowest BCUT2D eigenvalue weighted by Crippen LogP contribution is -2.42. The Kier molecular flexibility index (Phi) is 12.1. The summed E-state index contributed by atoms with van der Waals surface area (Å²) >= 11 is 12.2. The van der Waals surface area contributed by atoms with Crippen LogP contribution in [0.25, 0.3) is 33.1 Å². The smallest absolute Gasteiger partial charge is 0.348 e. The molecule has 19 heteroatoms. The molecule has 8 aromatic rings. The minimum atomic E-state index is -0.902. The third kappa shape index (κ3) is 8.23. The van der Waals surface area contributed by atoms with Gasteiger partial charge in [-0.25, -0.2) is 19.1 Å². The van der Waals surface area contributed by atoms with Gasteiger partial charge in [-0.2, -0.15) is 9.55 Å². The molecule has 0 spiro atoms. The van der Waals surface area contributed by atoms with Gasteiger partial charge in [0.15, 0.2) is 28.7 Å². The first-order valence-electron chi connectivity index (χ1n) is 21.3. The van der Waals surface area contributed by atoms with Crippen LogP contribution >= 0.6 is 23.2 Å². The molecule has 1 saturated carbocycles. The number of hydrogen-bond acceptors (Lipinski definition) is 12. The molecule has 4 aromatic carbocycles. The van der Waals surface area contributed by atoms with Gasteiger partial charge in [0.25, 0.3) is 17.3 Å². The number of benzene rings is 4. The Hall–Kier alpha value is -7.76. The van der Waals surface area contributed by atoms with E-state index in [0.29, 0.717) is 77.3 Å². The number of anilines is 1. The number of carbonyl (C=O) groups is 4. The molecule has 0 bridgehead atoms. The van der Waals surface area contributed by atoms with Gasteiger partial charge >= 0.3 is 17.8 Å². The number of nitrogens with one attached hydrogen (secondary N) is 1. The Bertz CT molecular complexity index is 3430. The standard InChI is InChI=1S/C49H42Cl2N8O9/c1-25-36(23-67-43(61)22-56-27(3)59(38-17-15-33(66-5)19-40(38)56)48(64)29-8-12-31(51)13-9-29)41(21-39(25)57-24-53-44-45(57)54-49(52)55-46(44)62)68-42(60)20-34-26(2)58(37-16-14-32(65-4)18-35(34)37)47(63)28-6-10-30(50)11-7-28/h6-19,24,36,39,41H,1,20-23H2,2-5H3,(H2-,52,54,55,62)/p+1/t36-,39-,41-/m0/s1. The first-order chi connectivity index (χ1) is 32.6. The summed E-state index contributed by atoms with van der Waals surface area (Å²) in [4.78, 5) is 80.0. The third-order valence-corrected chi connectivity index (χ3v) is 13.0. The van der Waals surface area contributed by atoms with E-state index in [2.05, 4.69) is 21.5 Å². The quantitative estimate of drug-likeness (QED) is 0.0742. The number of nitrogens with zero attached hydrogens (tertiary/aromatic N) is 6. The predicted octanol–water partition coefficient (Wildman–Crippen LogP) is 6.73. The molecule has 3 atom stereocenters. The van der Waals surface area contributed by atoms with Crippen LogP contribution in [0, 0.1) is 19.8 Å². The largest absolute Gasteiger partial charge is 0.497 e. The average Bonchev–Trinajstić information content (AvgIpc) is 4.03. The molecular weight excluding hydrogens is 915 g/mol. The summed E-state index contributed by atoms with van der Waals surface area (Å²) in [6, 6.07) is 22.8. The SMILES string of the molecule is C=C1[C@H](COC(=O)C[n+]2c(C)n(C(=O)c3ccc(Cl)cc3)c3ccc(OC)cc32)[C@@H](OC(=O)Cc2c(C)n(C(=O)c3ccc(Cl)cc3)c3ccc(OC)cc23)C[C@@H]1n1cnc2c(=O)[nH]c(N)nc21. The summed E-state index contributed by atoms with van der Waals surface area (Å²) in [6.45, 7) is 7.29. The highest BCUT2D eigenvalue weighted by atomic mass is 35.5. The van der Waals surface area contributed by atoms with E-state index in [9.17, 15) is 24.0 Å².